The molecule has 25 heavy (non-hydrogen) atoms. The zero-order valence-corrected chi connectivity index (χ0v) is 14.7. The monoisotopic (exact) mass is 340 g/mol. The van der Waals surface area contributed by atoms with Crippen LogP contribution >= 0.6 is 0 Å². The SMILES string of the molecule is COCC(C)Oc1cc(OCc2ccccc2)cc(C(O)=C2CC2)c1. The van der Waals surface area contributed by atoms with Crippen LogP contribution in [0.2, 0.25) is 0 Å². The highest BCUT2D eigenvalue weighted by atomic mass is 16.5. The van der Waals surface area contributed by atoms with Gasteiger partial charge in [0.1, 0.15) is 30.0 Å². The van der Waals surface area contributed by atoms with Crippen LogP contribution in [0.15, 0.2) is 54.1 Å². The largest absolute Gasteiger partial charge is 0.507 e. The maximum atomic E-state index is 10.4. The molecule has 1 N–H and O–H groups in total. The van der Waals surface area contributed by atoms with Crippen molar-refractivity contribution < 1.29 is 19.3 Å². The molecule has 1 atom stereocenters. The van der Waals surface area contributed by atoms with Gasteiger partial charge in [-0.1, -0.05) is 30.3 Å². The van der Waals surface area contributed by atoms with Gasteiger partial charge in [-0.05, 0) is 43.0 Å². The average Bonchev–Trinajstić information content (AvgIpc) is 3.45. The molecule has 1 aliphatic carbocycles. The summed E-state index contributed by atoms with van der Waals surface area (Å²) in [5.74, 6) is 1.68. The summed E-state index contributed by atoms with van der Waals surface area (Å²) in [6.07, 6.45) is 1.83. The van der Waals surface area contributed by atoms with E-state index < -0.39 is 0 Å². The second-order valence-corrected chi connectivity index (χ2v) is 6.30. The predicted molar refractivity (Wildman–Crippen MR) is 98.0 cm³/mol. The molecule has 2 aromatic rings. The lowest BCUT2D eigenvalue weighted by Crippen LogP contribution is -2.18. The summed E-state index contributed by atoms with van der Waals surface area (Å²) in [6.45, 7) is 2.91. The molecular formula is C21H24O4. The maximum Gasteiger partial charge on any atom is 0.124 e. The number of methoxy groups -OCH3 is 1. The molecule has 0 heterocycles. The van der Waals surface area contributed by atoms with Crippen LogP contribution in [0.1, 0.15) is 30.9 Å². The molecule has 1 fully saturated rings. The lowest BCUT2D eigenvalue weighted by molar-refractivity contribution is 0.0918. The van der Waals surface area contributed by atoms with Crippen LogP contribution in [0.25, 0.3) is 5.76 Å². The van der Waals surface area contributed by atoms with Crippen molar-refractivity contribution >= 4 is 5.76 Å². The number of rotatable bonds is 8. The predicted octanol–water partition coefficient (Wildman–Crippen LogP) is 4.74. The second kappa shape index (κ2) is 8.08. The molecule has 0 radical (unpaired) electrons. The van der Waals surface area contributed by atoms with E-state index in [1.165, 1.54) is 0 Å². The molecular weight excluding hydrogens is 316 g/mol. The van der Waals surface area contributed by atoms with Crippen LogP contribution < -0.4 is 9.47 Å². The minimum absolute atomic E-state index is 0.0852. The highest BCUT2D eigenvalue weighted by molar-refractivity contribution is 5.67. The summed E-state index contributed by atoms with van der Waals surface area (Å²) >= 11 is 0. The Morgan fingerprint density at radius 1 is 1.08 bits per heavy atom. The maximum absolute atomic E-state index is 10.4. The quantitative estimate of drug-likeness (QED) is 0.705. The molecule has 0 bridgehead atoms. The van der Waals surface area contributed by atoms with Crippen molar-refractivity contribution in [3.05, 3.63) is 65.2 Å². The van der Waals surface area contributed by atoms with Crippen LogP contribution in [0.3, 0.4) is 0 Å². The first-order valence-corrected chi connectivity index (χ1v) is 8.54. The van der Waals surface area contributed by atoms with Crippen molar-refractivity contribution in [3.63, 3.8) is 0 Å². The summed E-state index contributed by atoms with van der Waals surface area (Å²) < 4.78 is 16.9. The Bertz CT molecular complexity index is 731. The van der Waals surface area contributed by atoms with Crippen molar-refractivity contribution in [3.8, 4) is 11.5 Å². The van der Waals surface area contributed by atoms with Gasteiger partial charge in [-0.15, -0.1) is 0 Å². The number of hydrogen-bond acceptors (Lipinski definition) is 4. The molecule has 0 aliphatic heterocycles. The van der Waals surface area contributed by atoms with E-state index in [1.807, 2.05) is 55.5 Å². The molecule has 1 unspecified atom stereocenters. The molecule has 0 aromatic heterocycles. The van der Waals surface area contributed by atoms with Crippen molar-refractivity contribution in [2.45, 2.75) is 32.5 Å². The summed E-state index contributed by atoms with van der Waals surface area (Å²) in [5, 5.41) is 10.4. The molecule has 132 valence electrons. The number of hydrogen-bond donors (Lipinski definition) is 1. The molecule has 4 nitrogen and oxygen atoms in total. The zero-order chi connectivity index (χ0) is 17.6. The van der Waals surface area contributed by atoms with Gasteiger partial charge in [-0.25, -0.2) is 0 Å². The van der Waals surface area contributed by atoms with Gasteiger partial charge in [0.2, 0.25) is 0 Å². The van der Waals surface area contributed by atoms with Crippen LogP contribution in [0.5, 0.6) is 11.5 Å². The fraction of sp³-hybridized carbons (Fsp3) is 0.333. The fourth-order valence-electron chi connectivity index (χ4n) is 2.61. The van der Waals surface area contributed by atoms with Crippen LogP contribution in [-0.2, 0) is 11.3 Å². The third-order valence-corrected chi connectivity index (χ3v) is 3.98. The second-order valence-electron chi connectivity index (χ2n) is 6.30. The van der Waals surface area contributed by atoms with Crippen molar-refractivity contribution in [2.24, 2.45) is 0 Å². The van der Waals surface area contributed by atoms with Gasteiger partial charge < -0.3 is 19.3 Å². The summed E-state index contributed by atoms with van der Waals surface area (Å²) in [5.41, 5.74) is 2.90. The highest BCUT2D eigenvalue weighted by Crippen LogP contribution is 2.37. The van der Waals surface area contributed by atoms with E-state index in [9.17, 15) is 5.11 Å². The van der Waals surface area contributed by atoms with Gasteiger partial charge in [0.15, 0.2) is 0 Å². The Kier molecular flexibility index (Phi) is 5.61. The van der Waals surface area contributed by atoms with E-state index in [0.717, 1.165) is 29.5 Å². The van der Waals surface area contributed by atoms with Crippen LogP contribution in [0.4, 0.5) is 0 Å². The van der Waals surface area contributed by atoms with Gasteiger partial charge >= 0.3 is 0 Å². The first kappa shape index (κ1) is 17.4. The molecule has 0 saturated heterocycles. The molecule has 1 saturated carbocycles. The summed E-state index contributed by atoms with van der Waals surface area (Å²) in [7, 11) is 1.65. The topological polar surface area (TPSA) is 47.9 Å². The minimum Gasteiger partial charge on any atom is -0.507 e. The fourth-order valence-corrected chi connectivity index (χ4v) is 2.61. The van der Waals surface area contributed by atoms with E-state index in [0.29, 0.717) is 30.5 Å². The van der Waals surface area contributed by atoms with Crippen molar-refractivity contribution in [1.82, 2.24) is 0 Å². The lowest BCUT2D eigenvalue weighted by atomic mass is 10.1. The third-order valence-electron chi connectivity index (χ3n) is 3.98. The Hall–Kier alpha value is -2.46. The third kappa shape index (κ3) is 5.00. The standard InChI is InChI=1S/C21H24O4/c1-15(13-23-2)25-20-11-18(21(22)17-8-9-17)10-19(12-20)24-14-16-6-4-3-5-7-16/h3-7,10-12,15,22H,8-9,13-14H2,1-2H3. The number of benzene rings is 2. The Labute approximate surface area is 148 Å². The average molecular weight is 340 g/mol. The summed E-state index contributed by atoms with van der Waals surface area (Å²) in [4.78, 5) is 0. The Balaban J connectivity index is 1.80. The van der Waals surface area contributed by atoms with E-state index in [-0.39, 0.29) is 6.10 Å². The first-order chi connectivity index (χ1) is 12.2. The number of ether oxygens (including phenoxy) is 3. The molecule has 1 aliphatic rings. The van der Waals surface area contributed by atoms with Gasteiger partial charge in [0.25, 0.3) is 0 Å². The molecule has 3 rings (SSSR count). The van der Waals surface area contributed by atoms with Crippen molar-refractivity contribution in [2.75, 3.05) is 13.7 Å². The number of aliphatic hydroxyl groups excluding tert-OH is 1. The lowest BCUT2D eigenvalue weighted by Gasteiger charge is -2.16. The first-order valence-electron chi connectivity index (χ1n) is 8.54. The molecule has 2 aromatic carbocycles. The molecule has 4 heteroatoms. The smallest absolute Gasteiger partial charge is 0.124 e. The Morgan fingerprint density at radius 2 is 1.80 bits per heavy atom. The van der Waals surface area contributed by atoms with E-state index >= 15 is 0 Å². The van der Waals surface area contributed by atoms with Gasteiger partial charge in [0, 0.05) is 18.7 Å². The van der Waals surface area contributed by atoms with Gasteiger partial charge in [0.05, 0.1) is 6.61 Å². The number of aliphatic hydroxyl groups is 1. The van der Waals surface area contributed by atoms with Crippen molar-refractivity contribution in [1.29, 1.82) is 0 Å². The van der Waals surface area contributed by atoms with Gasteiger partial charge in [-0.3, -0.25) is 0 Å². The van der Waals surface area contributed by atoms with Gasteiger partial charge in [-0.2, -0.15) is 0 Å². The number of allylic oxidation sites excluding steroid dienone is 1. The molecule has 0 spiro atoms. The van der Waals surface area contributed by atoms with E-state index in [1.54, 1.807) is 7.11 Å². The zero-order valence-electron chi connectivity index (χ0n) is 14.7. The van der Waals surface area contributed by atoms with E-state index in [4.69, 9.17) is 14.2 Å². The van der Waals surface area contributed by atoms with Crippen LogP contribution in [-0.4, -0.2) is 24.9 Å². The summed E-state index contributed by atoms with van der Waals surface area (Å²) in [6, 6.07) is 15.5. The van der Waals surface area contributed by atoms with E-state index in [2.05, 4.69) is 0 Å². The Morgan fingerprint density at radius 3 is 2.48 bits per heavy atom. The highest BCUT2D eigenvalue weighted by Gasteiger charge is 2.20. The van der Waals surface area contributed by atoms with Crippen LogP contribution in [0, 0.1) is 0 Å². The normalized spacial score (nSPS) is 14.1. The minimum atomic E-state index is -0.0852. The molecule has 0 amide bonds.